The molecular formula is C19H18ClN3O3S. The molecule has 6 nitrogen and oxygen atoms in total. The Hall–Kier alpha value is -2.64. The third-order valence-electron chi connectivity index (χ3n) is 4.04. The molecule has 8 heteroatoms. The summed E-state index contributed by atoms with van der Waals surface area (Å²) in [6.07, 6.45) is 0. The number of halogens is 1. The quantitative estimate of drug-likeness (QED) is 0.647. The molecule has 3 rings (SSSR count). The Labute approximate surface area is 165 Å². The van der Waals surface area contributed by atoms with E-state index in [9.17, 15) is 9.59 Å². The Morgan fingerprint density at radius 1 is 1.19 bits per heavy atom. The summed E-state index contributed by atoms with van der Waals surface area (Å²) in [7, 11) is 1.80. The lowest BCUT2D eigenvalue weighted by molar-refractivity contribution is -0.119. The molecule has 0 aliphatic heterocycles. The van der Waals surface area contributed by atoms with Gasteiger partial charge in [0, 0.05) is 16.9 Å². The number of anilines is 1. The zero-order chi connectivity index (χ0) is 19.6. The number of rotatable bonds is 5. The van der Waals surface area contributed by atoms with Crippen LogP contribution < -0.4 is 5.32 Å². The lowest BCUT2D eigenvalue weighted by Gasteiger charge is -2.06. The van der Waals surface area contributed by atoms with Crippen molar-refractivity contribution in [2.75, 3.05) is 11.9 Å². The second-order valence-electron chi connectivity index (χ2n) is 5.96. The fraction of sp³-hybridized carbons (Fsp3) is 0.211. The Balaban J connectivity index is 1.59. The summed E-state index contributed by atoms with van der Waals surface area (Å²) in [5.41, 5.74) is 3.14. The van der Waals surface area contributed by atoms with Crippen molar-refractivity contribution in [2.24, 2.45) is 7.05 Å². The summed E-state index contributed by atoms with van der Waals surface area (Å²) in [4.78, 5) is 25.6. The van der Waals surface area contributed by atoms with Gasteiger partial charge >= 0.3 is 5.97 Å². The summed E-state index contributed by atoms with van der Waals surface area (Å²) in [5.74, 6) is -0.938. The van der Waals surface area contributed by atoms with E-state index in [1.165, 1.54) is 11.3 Å². The second-order valence-corrected chi connectivity index (χ2v) is 7.48. The molecule has 0 fully saturated rings. The average Bonchev–Trinajstić information content (AvgIpc) is 3.22. The number of hydrogen-bond donors (Lipinski definition) is 1. The molecule has 2 heterocycles. The predicted octanol–water partition coefficient (Wildman–Crippen LogP) is 4.21. The van der Waals surface area contributed by atoms with Gasteiger partial charge in [0.25, 0.3) is 5.91 Å². The lowest BCUT2D eigenvalue weighted by atomic mass is 10.2. The van der Waals surface area contributed by atoms with Gasteiger partial charge in [-0.1, -0.05) is 23.7 Å². The maximum Gasteiger partial charge on any atom is 0.348 e. The van der Waals surface area contributed by atoms with Crippen LogP contribution in [-0.4, -0.2) is 28.3 Å². The van der Waals surface area contributed by atoms with Crippen molar-refractivity contribution >= 4 is 40.5 Å². The number of nitrogens with zero attached hydrogens (tertiary/aromatic N) is 2. The molecule has 27 heavy (non-hydrogen) atoms. The van der Waals surface area contributed by atoms with Crippen molar-refractivity contribution in [2.45, 2.75) is 13.8 Å². The molecule has 3 aromatic rings. The monoisotopic (exact) mass is 403 g/mol. The summed E-state index contributed by atoms with van der Waals surface area (Å²) in [6, 6.07) is 10.9. The molecule has 0 bridgehead atoms. The number of amides is 1. The number of carbonyl (C=O) groups excluding carboxylic acids is 2. The first-order valence-corrected chi connectivity index (χ1v) is 9.37. The van der Waals surface area contributed by atoms with Crippen molar-refractivity contribution in [3.05, 3.63) is 57.7 Å². The van der Waals surface area contributed by atoms with Gasteiger partial charge in [-0.3, -0.25) is 9.48 Å². The van der Waals surface area contributed by atoms with Crippen LogP contribution in [0, 0.1) is 13.8 Å². The standard InChI is InChI=1S/C19H18ClN3O3S/c1-11-18(12(2)23(3)22-11)21-17(24)10-26-19(25)16-9-8-15(27-16)13-4-6-14(20)7-5-13/h4-9H,10H2,1-3H3,(H,21,24). The highest BCUT2D eigenvalue weighted by Crippen LogP contribution is 2.29. The number of ether oxygens (including phenoxy) is 1. The first kappa shape index (κ1) is 19.1. The van der Waals surface area contributed by atoms with Crippen LogP contribution in [0.1, 0.15) is 21.1 Å². The van der Waals surface area contributed by atoms with Gasteiger partial charge in [0.15, 0.2) is 6.61 Å². The van der Waals surface area contributed by atoms with Crippen LogP contribution in [0.15, 0.2) is 36.4 Å². The molecule has 1 aromatic carbocycles. The largest absolute Gasteiger partial charge is 0.451 e. The zero-order valence-electron chi connectivity index (χ0n) is 15.1. The Bertz CT molecular complexity index is 992. The van der Waals surface area contributed by atoms with E-state index in [4.69, 9.17) is 16.3 Å². The van der Waals surface area contributed by atoms with Crippen molar-refractivity contribution < 1.29 is 14.3 Å². The van der Waals surface area contributed by atoms with E-state index in [2.05, 4.69) is 10.4 Å². The van der Waals surface area contributed by atoms with Crippen LogP contribution >= 0.6 is 22.9 Å². The van der Waals surface area contributed by atoms with Crippen molar-refractivity contribution in [1.29, 1.82) is 0 Å². The van der Waals surface area contributed by atoms with Gasteiger partial charge in [0.05, 0.1) is 17.1 Å². The number of carbonyl (C=O) groups is 2. The molecule has 140 valence electrons. The van der Waals surface area contributed by atoms with Gasteiger partial charge in [-0.2, -0.15) is 5.10 Å². The molecule has 2 aromatic heterocycles. The molecule has 0 atom stereocenters. The minimum Gasteiger partial charge on any atom is -0.451 e. The zero-order valence-corrected chi connectivity index (χ0v) is 16.6. The number of aromatic nitrogens is 2. The molecule has 0 aliphatic carbocycles. The summed E-state index contributed by atoms with van der Waals surface area (Å²) in [6.45, 7) is 3.30. The van der Waals surface area contributed by atoms with Crippen LogP contribution in [0.25, 0.3) is 10.4 Å². The van der Waals surface area contributed by atoms with E-state index in [0.29, 0.717) is 21.3 Å². The van der Waals surface area contributed by atoms with Gasteiger partial charge in [-0.05, 0) is 43.7 Å². The van der Waals surface area contributed by atoms with Gasteiger partial charge < -0.3 is 10.1 Å². The first-order chi connectivity index (χ1) is 12.8. The third-order valence-corrected chi connectivity index (χ3v) is 5.41. The van der Waals surface area contributed by atoms with Crippen molar-refractivity contribution in [1.82, 2.24) is 9.78 Å². The number of thiophene rings is 1. The first-order valence-electron chi connectivity index (χ1n) is 8.18. The molecule has 0 unspecified atom stereocenters. The highest BCUT2D eigenvalue weighted by Gasteiger charge is 2.16. The van der Waals surface area contributed by atoms with Gasteiger partial charge in [-0.25, -0.2) is 4.79 Å². The maximum atomic E-state index is 12.2. The minimum atomic E-state index is -0.532. The van der Waals surface area contributed by atoms with Gasteiger partial charge in [0.2, 0.25) is 0 Å². The second kappa shape index (κ2) is 7.94. The number of nitrogens with one attached hydrogen (secondary N) is 1. The number of esters is 1. The van der Waals surface area contributed by atoms with Crippen LogP contribution in [0.5, 0.6) is 0 Å². The molecule has 0 saturated heterocycles. The van der Waals surface area contributed by atoms with E-state index < -0.39 is 11.9 Å². The Morgan fingerprint density at radius 3 is 2.52 bits per heavy atom. The van der Waals surface area contributed by atoms with E-state index >= 15 is 0 Å². The molecule has 1 amide bonds. The topological polar surface area (TPSA) is 73.2 Å². The smallest absolute Gasteiger partial charge is 0.348 e. The molecule has 0 radical (unpaired) electrons. The SMILES string of the molecule is Cc1nn(C)c(C)c1NC(=O)COC(=O)c1ccc(-c2ccc(Cl)cc2)s1. The molecule has 0 saturated carbocycles. The average molecular weight is 404 g/mol. The lowest BCUT2D eigenvalue weighted by Crippen LogP contribution is -2.21. The van der Waals surface area contributed by atoms with Crippen LogP contribution in [0.3, 0.4) is 0 Å². The highest BCUT2D eigenvalue weighted by atomic mass is 35.5. The van der Waals surface area contributed by atoms with Crippen molar-refractivity contribution in [3.8, 4) is 10.4 Å². The summed E-state index contributed by atoms with van der Waals surface area (Å²) < 4.78 is 6.81. The molecular weight excluding hydrogens is 386 g/mol. The van der Waals surface area contributed by atoms with Gasteiger partial charge in [-0.15, -0.1) is 11.3 Å². The van der Waals surface area contributed by atoms with Crippen LogP contribution in [-0.2, 0) is 16.6 Å². The summed E-state index contributed by atoms with van der Waals surface area (Å²) in [5, 5.41) is 7.62. The van der Waals surface area contributed by atoms with E-state index in [0.717, 1.165) is 16.1 Å². The normalized spacial score (nSPS) is 10.7. The maximum absolute atomic E-state index is 12.2. The molecule has 0 spiro atoms. The fourth-order valence-corrected chi connectivity index (χ4v) is 3.58. The third kappa shape index (κ3) is 4.37. The Kier molecular flexibility index (Phi) is 5.62. The Morgan fingerprint density at radius 2 is 1.89 bits per heavy atom. The van der Waals surface area contributed by atoms with Gasteiger partial charge in [0.1, 0.15) is 4.88 Å². The van der Waals surface area contributed by atoms with Crippen LogP contribution in [0.2, 0.25) is 5.02 Å². The van der Waals surface area contributed by atoms with E-state index in [-0.39, 0.29) is 6.61 Å². The molecule has 1 N–H and O–H groups in total. The number of hydrogen-bond acceptors (Lipinski definition) is 5. The molecule has 0 aliphatic rings. The minimum absolute atomic E-state index is 0.360. The van der Waals surface area contributed by atoms with E-state index in [1.54, 1.807) is 36.9 Å². The number of benzene rings is 1. The fourth-order valence-electron chi connectivity index (χ4n) is 2.55. The van der Waals surface area contributed by atoms with E-state index in [1.807, 2.05) is 25.1 Å². The number of aryl methyl sites for hydroxylation is 2. The predicted molar refractivity (Wildman–Crippen MR) is 106 cm³/mol. The van der Waals surface area contributed by atoms with Crippen LogP contribution in [0.4, 0.5) is 5.69 Å². The summed E-state index contributed by atoms with van der Waals surface area (Å²) >= 11 is 7.19. The highest BCUT2D eigenvalue weighted by molar-refractivity contribution is 7.17. The van der Waals surface area contributed by atoms with Crippen molar-refractivity contribution in [3.63, 3.8) is 0 Å².